The topological polar surface area (TPSA) is 118 Å². The van der Waals surface area contributed by atoms with Crippen LogP contribution in [-0.4, -0.2) is 58.5 Å². The number of fused-ring (bicyclic) bond motifs is 1. The molecular formula is C24H29ClFN7O2. The van der Waals surface area contributed by atoms with Crippen molar-refractivity contribution in [2.24, 2.45) is 17.0 Å². The fourth-order valence-corrected chi connectivity index (χ4v) is 4.07. The molecule has 0 radical (unpaired) electrons. The highest BCUT2D eigenvalue weighted by molar-refractivity contribution is 6.29. The summed E-state index contributed by atoms with van der Waals surface area (Å²) >= 11 is 5.91. The summed E-state index contributed by atoms with van der Waals surface area (Å²) in [5.41, 5.74) is 7.64. The zero-order chi connectivity index (χ0) is 25.3. The van der Waals surface area contributed by atoms with Crippen molar-refractivity contribution in [1.82, 2.24) is 19.9 Å². The quantitative estimate of drug-likeness (QED) is 0.310. The molecule has 0 unspecified atom stereocenters. The number of halogens is 2. The number of benzene rings is 1. The smallest absolute Gasteiger partial charge is 0.300 e. The summed E-state index contributed by atoms with van der Waals surface area (Å²) in [6.07, 6.45) is 1.50. The Morgan fingerprint density at radius 1 is 1.20 bits per heavy atom. The van der Waals surface area contributed by atoms with E-state index in [0.717, 1.165) is 0 Å². The van der Waals surface area contributed by atoms with Crippen molar-refractivity contribution in [2.45, 2.75) is 20.8 Å². The molecular weight excluding hydrogens is 473 g/mol. The second kappa shape index (κ2) is 9.71. The molecule has 186 valence electrons. The highest BCUT2D eigenvalue weighted by atomic mass is 35.5. The summed E-state index contributed by atoms with van der Waals surface area (Å²) in [5, 5.41) is 1.78. The average molecular weight is 502 g/mol. The molecule has 1 fully saturated rings. The van der Waals surface area contributed by atoms with Gasteiger partial charge in [0.2, 0.25) is 5.65 Å². The number of anilines is 1. The van der Waals surface area contributed by atoms with Crippen LogP contribution in [0, 0.1) is 11.2 Å². The minimum atomic E-state index is -0.579. The molecule has 1 aliphatic heterocycles. The van der Waals surface area contributed by atoms with Gasteiger partial charge in [0.15, 0.2) is 5.58 Å². The number of hydrogen-bond donors (Lipinski definition) is 2. The maximum Gasteiger partial charge on any atom is 0.300 e. The Morgan fingerprint density at radius 2 is 1.91 bits per heavy atom. The van der Waals surface area contributed by atoms with E-state index in [1.165, 1.54) is 23.3 Å². The van der Waals surface area contributed by atoms with Gasteiger partial charge in [-0.2, -0.15) is 4.98 Å². The van der Waals surface area contributed by atoms with Crippen LogP contribution in [0.2, 0.25) is 5.15 Å². The Labute approximate surface area is 208 Å². The van der Waals surface area contributed by atoms with Crippen LogP contribution < -0.4 is 16.5 Å². The third kappa shape index (κ3) is 5.83. The SMILES string of the molecule is CC(C)(C)CN(N)/C=C(\N)c1ccc(C(=O)N2CCN(c3nc4nc(Cl)ccc4o3)CC2)cc1F. The molecule has 3 aromatic rings. The lowest BCUT2D eigenvalue weighted by atomic mass is 9.97. The van der Waals surface area contributed by atoms with E-state index in [9.17, 15) is 9.18 Å². The van der Waals surface area contributed by atoms with Gasteiger partial charge in [0.25, 0.3) is 11.9 Å². The van der Waals surface area contributed by atoms with Gasteiger partial charge in [0.1, 0.15) is 11.0 Å². The van der Waals surface area contributed by atoms with Gasteiger partial charge < -0.3 is 25.0 Å². The normalized spacial score (nSPS) is 15.1. The Bertz CT molecular complexity index is 1260. The fourth-order valence-electron chi connectivity index (χ4n) is 3.93. The van der Waals surface area contributed by atoms with Gasteiger partial charge in [-0.3, -0.25) is 4.79 Å². The Balaban J connectivity index is 1.40. The molecule has 0 atom stereocenters. The lowest BCUT2D eigenvalue weighted by Crippen LogP contribution is -2.49. The number of carbonyl (C=O) groups is 1. The lowest BCUT2D eigenvalue weighted by Gasteiger charge is -2.33. The minimum Gasteiger partial charge on any atom is -0.422 e. The van der Waals surface area contributed by atoms with E-state index in [1.807, 2.05) is 25.7 Å². The van der Waals surface area contributed by atoms with Gasteiger partial charge in [0, 0.05) is 50.1 Å². The molecule has 1 amide bonds. The van der Waals surface area contributed by atoms with E-state index in [2.05, 4.69) is 9.97 Å². The van der Waals surface area contributed by atoms with Gasteiger partial charge in [-0.05, 0) is 35.7 Å². The fraction of sp³-hybridized carbons (Fsp3) is 0.375. The van der Waals surface area contributed by atoms with Crippen LogP contribution in [0.4, 0.5) is 10.4 Å². The number of aromatic nitrogens is 2. The van der Waals surface area contributed by atoms with Crippen molar-refractivity contribution < 1.29 is 13.6 Å². The minimum absolute atomic E-state index is 0.0462. The summed E-state index contributed by atoms with van der Waals surface area (Å²) in [4.78, 5) is 25.1. The van der Waals surface area contributed by atoms with Crippen molar-refractivity contribution >= 4 is 40.5 Å². The molecule has 3 heterocycles. The summed E-state index contributed by atoms with van der Waals surface area (Å²) in [5.74, 6) is 5.14. The number of piperazine rings is 1. The number of oxazole rings is 1. The van der Waals surface area contributed by atoms with Crippen LogP contribution in [0.1, 0.15) is 36.7 Å². The third-order valence-electron chi connectivity index (χ3n) is 5.53. The van der Waals surface area contributed by atoms with Crippen molar-refractivity contribution in [3.63, 3.8) is 0 Å². The van der Waals surface area contributed by atoms with Gasteiger partial charge in [-0.25, -0.2) is 15.2 Å². The number of pyridine rings is 1. The van der Waals surface area contributed by atoms with E-state index in [-0.39, 0.29) is 28.1 Å². The van der Waals surface area contributed by atoms with E-state index in [0.29, 0.717) is 55.1 Å². The van der Waals surface area contributed by atoms with Gasteiger partial charge in [0.05, 0.1) is 5.70 Å². The molecule has 35 heavy (non-hydrogen) atoms. The number of carbonyl (C=O) groups excluding carboxylic acids is 1. The predicted octanol–water partition coefficient (Wildman–Crippen LogP) is 3.46. The first-order chi connectivity index (χ1) is 16.5. The first-order valence-electron chi connectivity index (χ1n) is 11.3. The number of hydrogen-bond acceptors (Lipinski definition) is 8. The molecule has 4 N–H and O–H groups in total. The van der Waals surface area contributed by atoms with Gasteiger partial charge >= 0.3 is 0 Å². The largest absolute Gasteiger partial charge is 0.422 e. The van der Waals surface area contributed by atoms with Crippen LogP contribution >= 0.6 is 11.6 Å². The molecule has 1 saturated heterocycles. The molecule has 2 aromatic heterocycles. The van der Waals surface area contributed by atoms with Crippen molar-refractivity contribution in [1.29, 1.82) is 0 Å². The number of nitrogens with zero attached hydrogens (tertiary/aromatic N) is 5. The Hall–Kier alpha value is -3.37. The second-order valence-corrected chi connectivity index (χ2v) is 10.1. The maximum absolute atomic E-state index is 14.8. The monoisotopic (exact) mass is 501 g/mol. The number of rotatable bonds is 5. The molecule has 4 rings (SSSR count). The van der Waals surface area contributed by atoms with Gasteiger partial charge in [-0.1, -0.05) is 32.4 Å². The molecule has 1 aliphatic rings. The molecule has 0 aliphatic carbocycles. The standard InChI is InChI=1S/C24H29ClFN7O2/c1-24(2,3)14-33(28)13-18(27)16-5-4-15(12-17(16)26)22(34)31-8-10-32(11-9-31)23-30-21-19(35-23)6-7-20(25)29-21/h4-7,12-13H,8-11,14,27-28H2,1-3H3/b18-13-. The number of amides is 1. The van der Waals surface area contributed by atoms with E-state index >= 15 is 0 Å². The maximum atomic E-state index is 14.8. The molecule has 1 aromatic carbocycles. The van der Waals surface area contributed by atoms with Gasteiger partial charge in [-0.15, -0.1) is 0 Å². The number of hydrazine groups is 1. The molecule has 0 spiro atoms. The molecule has 0 bridgehead atoms. The summed E-state index contributed by atoms with van der Waals surface area (Å²) in [6.45, 7) is 8.57. The predicted molar refractivity (Wildman–Crippen MR) is 134 cm³/mol. The van der Waals surface area contributed by atoms with Crippen LogP contribution in [0.25, 0.3) is 16.9 Å². The summed E-state index contributed by atoms with van der Waals surface area (Å²) in [7, 11) is 0. The second-order valence-electron chi connectivity index (χ2n) is 9.74. The lowest BCUT2D eigenvalue weighted by molar-refractivity contribution is 0.0744. The van der Waals surface area contributed by atoms with Crippen molar-refractivity contribution in [3.05, 3.63) is 58.6 Å². The summed E-state index contributed by atoms with van der Waals surface area (Å²) < 4.78 is 20.6. The Morgan fingerprint density at radius 3 is 2.57 bits per heavy atom. The average Bonchev–Trinajstić information content (AvgIpc) is 3.20. The molecule has 11 heteroatoms. The van der Waals surface area contributed by atoms with Crippen LogP contribution in [0.5, 0.6) is 0 Å². The van der Waals surface area contributed by atoms with Crippen LogP contribution in [0.3, 0.4) is 0 Å². The third-order valence-corrected chi connectivity index (χ3v) is 5.74. The zero-order valence-electron chi connectivity index (χ0n) is 20.0. The van der Waals surface area contributed by atoms with E-state index in [1.54, 1.807) is 23.1 Å². The molecule has 0 saturated carbocycles. The van der Waals surface area contributed by atoms with Crippen molar-refractivity contribution in [3.8, 4) is 0 Å². The highest BCUT2D eigenvalue weighted by Gasteiger charge is 2.26. The van der Waals surface area contributed by atoms with Crippen LogP contribution in [-0.2, 0) is 0 Å². The number of nitrogens with two attached hydrogens (primary N) is 2. The van der Waals surface area contributed by atoms with E-state index in [4.69, 9.17) is 27.6 Å². The first kappa shape index (κ1) is 24.7. The zero-order valence-corrected chi connectivity index (χ0v) is 20.7. The Kier molecular flexibility index (Phi) is 6.86. The van der Waals surface area contributed by atoms with E-state index < -0.39 is 5.82 Å². The highest BCUT2D eigenvalue weighted by Crippen LogP contribution is 2.24. The van der Waals surface area contributed by atoms with Crippen molar-refractivity contribution in [2.75, 3.05) is 37.6 Å². The summed E-state index contributed by atoms with van der Waals surface area (Å²) in [6, 6.07) is 8.09. The van der Waals surface area contributed by atoms with Crippen LogP contribution in [0.15, 0.2) is 40.9 Å². The first-order valence-corrected chi connectivity index (χ1v) is 11.6. The molecule has 9 nitrogen and oxygen atoms in total.